The van der Waals surface area contributed by atoms with Crippen LogP contribution in [-0.4, -0.2) is 29.9 Å². The van der Waals surface area contributed by atoms with Crippen LogP contribution in [0.25, 0.3) is 10.2 Å². The Morgan fingerprint density at radius 2 is 2.07 bits per heavy atom. The highest BCUT2D eigenvalue weighted by molar-refractivity contribution is 7.18. The molecule has 1 saturated heterocycles. The summed E-state index contributed by atoms with van der Waals surface area (Å²) in [5, 5.41) is 1.58. The van der Waals surface area contributed by atoms with E-state index in [1.165, 1.54) is 9.60 Å². The molecule has 0 radical (unpaired) electrons. The zero-order chi connectivity index (χ0) is 18.5. The minimum Gasteiger partial charge on any atom is -0.309 e. The minimum atomic E-state index is -0.470. The van der Waals surface area contributed by atoms with Crippen molar-refractivity contribution in [1.82, 2.24) is 4.98 Å². The smallest absolute Gasteiger partial charge is 0.303 e. The van der Waals surface area contributed by atoms with Gasteiger partial charge in [0.25, 0.3) is 5.78 Å². The number of quaternary nitrogens is 1. The van der Waals surface area contributed by atoms with Crippen molar-refractivity contribution < 1.29 is 14.5 Å². The van der Waals surface area contributed by atoms with Crippen LogP contribution in [0.5, 0.6) is 0 Å². The van der Waals surface area contributed by atoms with Crippen molar-refractivity contribution in [3.8, 4) is 0 Å². The molecular formula is C20H17ClN3O2S+. The molecule has 1 N–H and O–H groups in total. The lowest BCUT2D eigenvalue weighted by atomic mass is 10.1. The van der Waals surface area contributed by atoms with E-state index < -0.39 is 11.7 Å². The Labute approximate surface area is 165 Å². The molecule has 3 heterocycles. The Hall–Kier alpha value is -2.28. The van der Waals surface area contributed by atoms with Crippen molar-refractivity contribution in [3.05, 3.63) is 58.1 Å². The fourth-order valence-electron chi connectivity index (χ4n) is 4.07. The summed E-state index contributed by atoms with van der Waals surface area (Å²) in [4.78, 5) is 32.6. The molecule has 2 aromatic carbocycles. The number of nitrogens with one attached hydrogen (secondary N) is 1. The first-order valence-corrected chi connectivity index (χ1v) is 10.2. The van der Waals surface area contributed by atoms with Gasteiger partial charge in [0, 0.05) is 17.9 Å². The summed E-state index contributed by atoms with van der Waals surface area (Å²) in [5.74, 6) is -0.933. The normalized spacial score (nSPS) is 22.0. The number of ketones is 1. The highest BCUT2D eigenvalue weighted by Gasteiger charge is 2.41. The molecule has 1 amide bonds. The summed E-state index contributed by atoms with van der Waals surface area (Å²) in [6.45, 7) is 1.43. The van der Waals surface area contributed by atoms with E-state index in [4.69, 9.17) is 16.6 Å². The second kappa shape index (κ2) is 6.41. The Morgan fingerprint density at radius 3 is 2.93 bits per heavy atom. The third-order valence-electron chi connectivity index (χ3n) is 5.39. The number of Topliss-reactive ketones (excluding diaryl/α,β-unsaturated/α-hetero) is 1. The zero-order valence-electron chi connectivity index (χ0n) is 14.4. The molecule has 1 aromatic heterocycles. The van der Waals surface area contributed by atoms with Crippen molar-refractivity contribution in [1.29, 1.82) is 0 Å². The number of benzene rings is 2. The maximum atomic E-state index is 12.6. The van der Waals surface area contributed by atoms with E-state index in [1.807, 2.05) is 18.2 Å². The Morgan fingerprint density at radius 1 is 1.22 bits per heavy atom. The molecule has 5 rings (SSSR count). The monoisotopic (exact) mass is 398 g/mol. The number of rotatable bonds is 3. The molecule has 1 fully saturated rings. The number of thiazole rings is 1. The van der Waals surface area contributed by atoms with Gasteiger partial charge in [-0.25, -0.2) is 4.98 Å². The minimum absolute atomic E-state index is 0.252. The van der Waals surface area contributed by atoms with Gasteiger partial charge < -0.3 is 4.90 Å². The average molecular weight is 399 g/mol. The third kappa shape index (κ3) is 2.76. The van der Waals surface area contributed by atoms with Crippen molar-refractivity contribution in [2.75, 3.05) is 18.1 Å². The summed E-state index contributed by atoms with van der Waals surface area (Å²) in [5.41, 5.74) is 2.09. The highest BCUT2D eigenvalue weighted by atomic mass is 35.5. The van der Waals surface area contributed by atoms with Crippen LogP contribution >= 0.6 is 22.9 Å². The highest BCUT2D eigenvalue weighted by Crippen LogP contribution is 2.32. The molecule has 2 atom stereocenters. The molecule has 0 aliphatic carbocycles. The number of likely N-dealkylation sites (tertiary alicyclic amines) is 1. The Bertz CT molecular complexity index is 1050. The van der Waals surface area contributed by atoms with Gasteiger partial charge in [0.2, 0.25) is 0 Å². The van der Waals surface area contributed by atoms with Crippen LogP contribution < -0.4 is 9.80 Å². The Kier molecular flexibility index (Phi) is 4.00. The molecule has 2 aliphatic rings. The van der Waals surface area contributed by atoms with Crippen LogP contribution in [0.15, 0.2) is 42.5 Å². The fourth-order valence-corrected chi connectivity index (χ4v) is 5.40. The molecule has 0 saturated carbocycles. The fraction of sp³-hybridized carbons (Fsp3) is 0.250. The van der Waals surface area contributed by atoms with E-state index in [0.717, 1.165) is 29.9 Å². The average Bonchev–Trinajstić information content (AvgIpc) is 3.35. The van der Waals surface area contributed by atoms with Gasteiger partial charge in [0.05, 0.1) is 28.0 Å². The maximum absolute atomic E-state index is 12.6. The number of hydrogen-bond acceptors (Lipinski definition) is 4. The van der Waals surface area contributed by atoms with Crippen molar-refractivity contribution >= 4 is 50.5 Å². The molecule has 0 spiro atoms. The van der Waals surface area contributed by atoms with Gasteiger partial charge in [-0.2, -0.15) is 0 Å². The van der Waals surface area contributed by atoms with E-state index in [-0.39, 0.29) is 6.04 Å². The summed E-state index contributed by atoms with van der Waals surface area (Å²) in [6.07, 6.45) is 2.12. The third-order valence-corrected chi connectivity index (χ3v) is 6.77. The van der Waals surface area contributed by atoms with Gasteiger partial charge in [0.15, 0.2) is 11.7 Å². The van der Waals surface area contributed by atoms with Crippen LogP contribution in [0.4, 0.5) is 5.69 Å². The van der Waals surface area contributed by atoms with Gasteiger partial charge in [-0.1, -0.05) is 23.7 Å². The second-order valence-electron chi connectivity index (χ2n) is 7.00. The quantitative estimate of drug-likeness (QED) is 0.690. The van der Waals surface area contributed by atoms with E-state index in [9.17, 15) is 9.59 Å². The second-order valence-corrected chi connectivity index (χ2v) is 8.50. The number of carbonyl (C=O) groups is 2. The van der Waals surface area contributed by atoms with E-state index in [1.54, 1.807) is 34.4 Å². The van der Waals surface area contributed by atoms with Crippen molar-refractivity contribution in [2.45, 2.75) is 18.9 Å². The molecule has 136 valence electrons. The van der Waals surface area contributed by atoms with Crippen molar-refractivity contribution in [3.63, 3.8) is 0 Å². The SMILES string of the molecule is O=C1C(=O)N(C[NH+]2CCC[C@@H]2c2nc3ccccc3s2)c2ccc(Cl)cc21. The molecule has 7 heteroatoms. The molecule has 3 aromatic rings. The van der Waals surface area contributed by atoms with Crippen molar-refractivity contribution in [2.24, 2.45) is 0 Å². The first kappa shape index (κ1) is 16.9. The van der Waals surface area contributed by atoms with Gasteiger partial charge >= 0.3 is 5.91 Å². The molecule has 0 bridgehead atoms. The standard InChI is InChI=1S/C20H16ClN3O2S/c21-12-7-8-15-13(10-12)18(25)20(26)24(15)11-23-9-3-5-16(23)19-22-14-4-1-2-6-17(14)27-19/h1-2,4,6-8,10,16H,3,5,9,11H2/p+1/t16-/m1/s1. The van der Waals surface area contributed by atoms with Crippen LogP contribution in [0.1, 0.15) is 34.2 Å². The molecule has 2 aliphatic heterocycles. The van der Waals surface area contributed by atoms with E-state index in [0.29, 0.717) is 22.9 Å². The predicted octanol–water partition coefficient (Wildman–Crippen LogP) is 2.86. The lowest BCUT2D eigenvalue weighted by Gasteiger charge is -2.25. The van der Waals surface area contributed by atoms with Gasteiger partial charge in [0.1, 0.15) is 6.04 Å². The molecule has 5 nitrogen and oxygen atoms in total. The molecule has 27 heavy (non-hydrogen) atoms. The topological polar surface area (TPSA) is 54.7 Å². The van der Waals surface area contributed by atoms with Crippen LogP contribution in [0.2, 0.25) is 5.02 Å². The van der Waals surface area contributed by atoms with Crippen LogP contribution in [0.3, 0.4) is 0 Å². The Balaban J connectivity index is 1.45. The summed E-state index contributed by atoms with van der Waals surface area (Å²) in [7, 11) is 0. The van der Waals surface area contributed by atoms with Gasteiger partial charge in [-0.15, -0.1) is 11.3 Å². The first-order chi connectivity index (χ1) is 13.1. The van der Waals surface area contributed by atoms with Crippen LogP contribution in [-0.2, 0) is 4.79 Å². The number of halogens is 1. The molecule has 1 unspecified atom stereocenters. The number of hydrogen-bond donors (Lipinski definition) is 1. The van der Waals surface area contributed by atoms with E-state index in [2.05, 4.69) is 6.07 Å². The van der Waals surface area contributed by atoms with E-state index >= 15 is 0 Å². The largest absolute Gasteiger partial charge is 0.309 e. The number of amides is 1. The summed E-state index contributed by atoms with van der Waals surface area (Å²) in [6, 6.07) is 13.5. The number of fused-ring (bicyclic) bond motifs is 2. The number of aromatic nitrogens is 1. The first-order valence-electron chi connectivity index (χ1n) is 8.97. The lowest BCUT2D eigenvalue weighted by Crippen LogP contribution is -3.12. The maximum Gasteiger partial charge on any atom is 0.303 e. The summed E-state index contributed by atoms with van der Waals surface area (Å²) >= 11 is 7.73. The van der Waals surface area contributed by atoms with Gasteiger partial charge in [-0.05, 0) is 30.3 Å². The lowest BCUT2D eigenvalue weighted by molar-refractivity contribution is -0.917. The van der Waals surface area contributed by atoms with Crippen LogP contribution in [0, 0.1) is 0 Å². The number of anilines is 1. The number of nitrogens with zero attached hydrogens (tertiary/aromatic N) is 2. The number of carbonyl (C=O) groups excluding carboxylic acids is 2. The number of para-hydroxylation sites is 1. The predicted molar refractivity (Wildman–Crippen MR) is 106 cm³/mol. The molecular weight excluding hydrogens is 382 g/mol. The zero-order valence-corrected chi connectivity index (χ0v) is 16.0. The summed E-state index contributed by atoms with van der Waals surface area (Å²) < 4.78 is 1.19. The van der Waals surface area contributed by atoms with Gasteiger partial charge in [-0.3, -0.25) is 14.5 Å².